The van der Waals surface area contributed by atoms with E-state index in [1.165, 1.54) is 10.8 Å². The van der Waals surface area contributed by atoms with Gasteiger partial charge in [0.2, 0.25) is 0 Å². The third-order valence-corrected chi connectivity index (χ3v) is 3.87. The monoisotopic (exact) mass is 295 g/mol. The van der Waals surface area contributed by atoms with Crippen molar-refractivity contribution >= 4 is 0 Å². The van der Waals surface area contributed by atoms with Crippen LogP contribution in [0.2, 0.25) is 0 Å². The molecule has 3 heterocycles. The number of ether oxygens (including phenoxy) is 2. The largest absolute Gasteiger partial charge is 0.393 e. The van der Waals surface area contributed by atoms with E-state index < -0.39 is 41.8 Å². The van der Waals surface area contributed by atoms with Gasteiger partial charge in [-0.15, -0.1) is 0 Å². The molecule has 0 aromatic carbocycles. The minimum atomic E-state index is -1.16. The number of aryl methyl sites for hydroxylation is 1. The molecular formula is C11H13N5O5. The minimum Gasteiger partial charge on any atom is -0.393 e. The molecule has 4 atom stereocenters. The Morgan fingerprint density at radius 1 is 1.67 bits per heavy atom. The normalized spacial score (nSPS) is 33.9. The number of nitrogens with one attached hydrogen (secondary N) is 1. The zero-order valence-corrected chi connectivity index (χ0v) is 11.1. The summed E-state index contributed by atoms with van der Waals surface area (Å²) in [5.74, 6) is 0. The lowest BCUT2D eigenvalue weighted by molar-refractivity contribution is -0.185. The minimum absolute atomic E-state index is 0.0748. The molecule has 0 saturated carbocycles. The predicted molar refractivity (Wildman–Crippen MR) is 68.7 cm³/mol. The van der Waals surface area contributed by atoms with Gasteiger partial charge in [-0.25, -0.2) is 4.79 Å². The van der Waals surface area contributed by atoms with Gasteiger partial charge in [-0.2, -0.15) is 0 Å². The highest BCUT2D eigenvalue weighted by atomic mass is 16.6. The Kier molecular flexibility index (Phi) is 3.10. The van der Waals surface area contributed by atoms with Crippen molar-refractivity contribution in [3.8, 4) is 0 Å². The average Bonchev–Trinajstić information content (AvgIpc) is 2.96. The number of azide groups is 1. The van der Waals surface area contributed by atoms with Crippen molar-refractivity contribution in [2.45, 2.75) is 30.9 Å². The SMILES string of the molecule is Cc1cn([C@@H]2O[C@]3(CO)CO[C@@H]2C3N=[N+]=[N-])c(=O)[nH]c1=O. The molecule has 112 valence electrons. The number of aromatic amines is 1. The number of nitrogens with zero attached hydrogens (tertiary/aromatic N) is 4. The van der Waals surface area contributed by atoms with Gasteiger partial charge in [-0.05, 0) is 12.5 Å². The summed E-state index contributed by atoms with van der Waals surface area (Å²) < 4.78 is 12.4. The van der Waals surface area contributed by atoms with Crippen LogP contribution in [0.25, 0.3) is 10.4 Å². The van der Waals surface area contributed by atoms with Crippen LogP contribution in [0.4, 0.5) is 0 Å². The summed E-state index contributed by atoms with van der Waals surface area (Å²) in [6, 6.07) is -0.739. The van der Waals surface area contributed by atoms with E-state index in [1.54, 1.807) is 6.92 Å². The molecule has 2 aliphatic heterocycles. The maximum Gasteiger partial charge on any atom is 0.330 e. The van der Waals surface area contributed by atoms with Crippen molar-refractivity contribution in [2.24, 2.45) is 5.11 Å². The fourth-order valence-corrected chi connectivity index (χ4v) is 2.76. The molecule has 1 unspecified atom stereocenters. The van der Waals surface area contributed by atoms with Crippen LogP contribution in [0.3, 0.4) is 0 Å². The first-order chi connectivity index (χ1) is 10.0. The van der Waals surface area contributed by atoms with E-state index in [0.29, 0.717) is 5.56 Å². The molecule has 1 aromatic heterocycles. The van der Waals surface area contributed by atoms with Gasteiger partial charge < -0.3 is 14.6 Å². The van der Waals surface area contributed by atoms with E-state index >= 15 is 0 Å². The average molecular weight is 295 g/mol. The summed E-state index contributed by atoms with van der Waals surface area (Å²) in [5, 5.41) is 13.2. The summed E-state index contributed by atoms with van der Waals surface area (Å²) in [4.78, 5) is 28.2. The molecular weight excluding hydrogens is 282 g/mol. The third kappa shape index (κ3) is 1.88. The molecule has 2 fully saturated rings. The van der Waals surface area contributed by atoms with Crippen molar-refractivity contribution in [1.82, 2.24) is 9.55 Å². The lowest BCUT2D eigenvalue weighted by atomic mass is 9.98. The first-order valence-corrected chi connectivity index (χ1v) is 6.29. The number of aliphatic hydroxyl groups excluding tert-OH is 1. The van der Waals surface area contributed by atoms with Crippen molar-refractivity contribution in [3.63, 3.8) is 0 Å². The molecule has 1 aromatic rings. The van der Waals surface area contributed by atoms with Gasteiger partial charge in [0, 0.05) is 16.7 Å². The fourth-order valence-electron chi connectivity index (χ4n) is 2.76. The number of aromatic nitrogens is 2. The van der Waals surface area contributed by atoms with Crippen LogP contribution in [0.5, 0.6) is 0 Å². The fraction of sp³-hybridized carbons (Fsp3) is 0.636. The zero-order chi connectivity index (χ0) is 15.2. The number of hydrogen-bond donors (Lipinski definition) is 2. The molecule has 2 aliphatic rings. The van der Waals surface area contributed by atoms with Gasteiger partial charge in [0.05, 0.1) is 13.2 Å². The second kappa shape index (κ2) is 4.71. The van der Waals surface area contributed by atoms with E-state index in [0.717, 1.165) is 0 Å². The first kappa shape index (κ1) is 13.8. The number of aliphatic hydroxyl groups is 1. The van der Waals surface area contributed by atoms with Crippen molar-refractivity contribution < 1.29 is 14.6 Å². The number of hydrogen-bond acceptors (Lipinski definition) is 6. The summed E-state index contributed by atoms with van der Waals surface area (Å²) in [7, 11) is 0. The predicted octanol–water partition coefficient (Wildman–Crippen LogP) is -0.817. The Hall–Kier alpha value is -2.13. The molecule has 10 nitrogen and oxygen atoms in total. The summed E-state index contributed by atoms with van der Waals surface area (Å²) in [5.41, 5.74) is 6.68. The van der Waals surface area contributed by atoms with Crippen molar-refractivity contribution in [2.75, 3.05) is 13.2 Å². The Bertz CT molecular complexity index is 735. The molecule has 0 radical (unpaired) electrons. The van der Waals surface area contributed by atoms with Crippen LogP contribution in [0, 0.1) is 6.92 Å². The molecule has 2 N–H and O–H groups in total. The van der Waals surface area contributed by atoms with Crippen molar-refractivity contribution in [1.29, 1.82) is 0 Å². The lowest BCUT2D eigenvalue weighted by Gasteiger charge is -2.30. The Morgan fingerprint density at radius 2 is 2.43 bits per heavy atom. The maximum atomic E-state index is 11.9. The Morgan fingerprint density at radius 3 is 3.10 bits per heavy atom. The molecule has 0 spiro atoms. The van der Waals surface area contributed by atoms with Gasteiger partial charge >= 0.3 is 5.69 Å². The maximum absolute atomic E-state index is 11.9. The number of fused-ring (bicyclic) bond motifs is 2. The quantitative estimate of drug-likeness (QED) is 0.425. The molecule has 2 bridgehead atoms. The smallest absolute Gasteiger partial charge is 0.330 e. The standard InChI is InChI=1S/C11H13N5O5/c1-5-2-16(10(19)13-8(5)18)9-6-7(14-15-12)11(3-17,21-9)4-20-6/h2,6-7,9,17H,3-4H2,1H3,(H,13,18,19)/t6-,7?,9-,11-/m1/s1. The Labute approximate surface area is 117 Å². The van der Waals surface area contributed by atoms with Crippen LogP contribution in [0.15, 0.2) is 20.9 Å². The van der Waals surface area contributed by atoms with E-state index in [2.05, 4.69) is 15.0 Å². The summed E-state index contributed by atoms with van der Waals surface area (Å²) in [6.07, 6.45) is -0.214. The van der Waals surface area contributed by atoms with Crippen LogP contribution in [0.1, 0.15) is 11.8 Å². The molecule has 21 heavy (non-hydrogen) atoms. The van der Waals surface area contributed by atoms with E-state index in [-0.39, 0.29) is 6.61 Å². The lowest BCUT2D eigenvalue weighted by Crippen LogP contribution is -2.44. The third-order valence-electron chi connectivity index (χ3n) is 3.87. The number of H-pyrrole nitrogens is 1. The van der Waals surface area contributed by atoms with Crippen LogP contribution < -0.4 is 11.2 Å². The molecule has 0 aliphatic carbocycles. The topological polar surface area (TPSA) is 142 Å². The van der Waals surface area contributed by atoms with E-state index in [4.69, 9.17) is 15.0 Å². The molecule has 0 amide bonds. The Balaban J connectivity index is 2.07. The second-order valence-corrected chi connectivity index (χ2v) is 5.14. The zero-order valence-electron chi connectivity index (χ0n) is 11.1. The van der Waals surface area contributed by atoms with Crippen molar-refractivity contribution in [3.05, 3.63) is 43.0 Å². The highest BCUT2D eigenvalue weighted by Gasteiger charge is 2.61. The van der Waals surface area contributed by atoms with Crippen LogP contribution in [-0.4, -0.2) is 45.6 Å². The molecule has 2 saturated heterocycles. The van der Waals surface area contributed by atoms with Gasteiger partial charge in [-0.3, -0.25) is 14.3 Å². The van der Waals surface area contributed by atoms with Crippen LogP contribution >= 0.6 is 0 Å². The molecule has 10 heteroatoms. The van der Waals surface area contributed by atoms with Gasteiger partial charge in [-0.1, -0.05) is 5.11 Å². The summed E-state index contributed by atoms with van der Waals surface area (Å²) in [6.45, 7) is 1.22. The molecule has 3 rings (SSSR count). The van der Waals surface area contributed by atoms with Gasteiger partial charge in [0.15, 0.2) is 6.23 Å². The number of rotatable bonds is 3. The van der Waals surface area contributed by atoms with E-state index in [1.807, 2.05) is 0 Å². The first-order valence-electron chi connectivity index (χ1n) is 6.29. The second-order valence-electron chi connectivity index (χ2n) is 5.14. The van der Waals surface area contributed by atoms with Gasteiger partial charge in [0.25, 0.3) is 5.56 Å². The van der Waals surface area contributed by atoms with Gasteiger partial charge in [0.1, 0.15) is 17.7 Å². The highest BCUT2D eigenvalue weighted by molar-refractivity contribution is 5.12. The van der Waals surface area contributed by atoms with Crippen LogP contribution in [-0.2, 0) is 9.47 Å². The summed E-state index contributed by atoms with van der Waals surface area (Å²) >= 11 is 0. The highest BCUT2D eigenvalue weighted by Crippen LogP contribution is 2.45. The van der Waals surface area contributed by atoms with E-state index in [9.17, 15) is 14.7 Å².